The van der Waals surface area contributed by atoms with Crippen LogP contribution in [0.1, 0.15) is 23.3 Å². The average molecular weight is 302 g/mol. The van der Waals surface area contributed by atoms with E-state index in [0.29, 0.717) is 22.6 Å². The van der Waals surface area contributed by atoms with Crippen molar-refractivity contribution in [3.05, 3.63) is 29.0 Å². The number of amides is 1. The summed E-state index contributed by atoms with van der Waals surface area (Å²) >= 11 is 5.88. The molecular formula is C13H17Cl2N3O. The maximum atomic E-state index is 12.3. The molecule has 3 rings (SSSR count). The van der Waals surface area contributed by atoms with Crippen LogP contribution in [0.5, 0.6) is 0 Å². The number of nitrogens with two attached hydrogens (primary N) is 1. The second kappa shape index (κ2) is 5.65. The SMILES string of the molecule is Cl.NC1CCC2CN(C(=O)c3cc(Cl)ccn3)CC12. The van der Waals surface area contributed by atoms with Gasteiger partial charge in [-0.05, 0) is 36.8 Å². The maximum Gasteiger partial charge on any atom is 0.272 e. The van der Waals surface area contributed by atoms with Crippen LogP contribution < -0.4 is 5.73 Å². The molecule has 4 nitrogen and oxygen atoms in total. The van der Waals surface area contributed by atoms with Crippen molar-refractivity contribution in [1.29, 1.82) is 0 Å². The molecule has 2 fully saturated rings. The molecule has 1 aromatic rings. The Morgan fingerprint density at radius 3 is 2.89 bits per heavy atom. The number of rotatable bonds is 1. The quantitative estimate of drug-likeness (QED) is 0.863. The predicted octanol–water partition coefficient (Wildman–Crippen LogP) is 1.97. The van der Waals surface area contributed by atoms with E-state index in [0.717, 1.165) is 25.9 Å². The van der Waals surface area contributed by atoms with Crippen molar-refractivity contribution in [2.24, 2.45) is 17.6 Å². The Bertz CT molecular complexity index is 483. The Labute approximate surface area is 123 Å². The van der Waals surface area contributed by atoms with Crippen LogP contribution >= 0.6 is 24.0 Å². The lowest BCUT2D eigenvalue weighted by atomic mass is 9.98. The van der Waals surface area contributed by atoms with Crippen molar-refractivity contribution >= 4 is 29.9 Å². The van der Waals surface area contributed by atoms with Crippen LogP contribution in [0.25, 0.3) is 0 Å². The van der Waals surface area contributed by atoms with Gasteiger partial charge in [0.15, 0.2) is 0 Å². The molecule has 3 atom stereocenters. The van der Waals surface area contributed by atoms with Gasteiger partial charge in [-0.2, -0.15) is 0 Å². The molecule has 104 valence electrons. The third kappa shape index (κ3) is 2.71. The zero-order valence-corrected chi connectivity index (χ0v) is 12.0. The van der Waals surface area contributed by atoms with Crippen molar-refractivity contribution in [3.8, 4) is 0 Å². The number of halogens is 2. The molecule has 19 heavy (non-hydrogen) atoms. The summed E-state index contributed by atoms with van der Waals surface area (Å²) in [7, 11) is 0. The predicted molar refractivity (Wildman–Crippen MR) is 76.6 cm³/mol. The number of fused-ring (bicyclic) bond motifs is 1. The number of likely N-dealkylation sites (tertiary alicyclic amines) is 1. The van der Waals surface area contributed by atoms with E-state index < -0.39 is 0 Å². The Kier molecular flexibility index (Phi) is 4.33. The van der Waals surface area contributed by atoms with E-state index in [1.54, 1.807) is 18.3 Å². The van der Waals surface area contributed by atoms with Crippen LogP contribution in [0.4, 0.5) is 0 Å². The van der Waals surface area contributed by atoms with Gasteiger partial charge in [0.1, 0.15) is 5.69 Å². The third-order valence-corrected chi connectivity index (χ3v) is 4.38. The molecule has 1 saturated heterocycles. The second-order valence-electron chi connectivity index (χ2n) is 5.23. The number of aromatic nitrogens is 1. The summed E-state index contributed by atoms with van der Waals surface area (Å²) in [5.41, 5.74) is 6.50. The summed E-state index contributed by atoms with van der Waals surface area (Å²) in [6.07, 6.45) is 3.80. The summed E-state index contributed by atoms with van der Waals surface area (Å²) in [6, 6.07) is 3.55. The van der Waals surface area contributed by atoms with Crippen molar-refractivity contribution in [2.75, 3.05) is 13.1 Å². The van der Waals surface area contributed by atoms with Crippen LogP contribution in [0, 0.1) is 11.8 Å². The standard InChI is InChI=1S/C13H16ClN3O.ClH/c14-9-3-4-16-12(5-9)13(18)17-6-8-1-2-11(15)10(8)7-17;/h3-5,8,10-11H,1-2,6-7,15H2;1H. The topological polar surface area (TPSA) is 59.2 Å². The minimum Gasteiger partial charge on any atom is -0.337 e. The van der Waals surface area contributed by atoms with E-state index in [9.17, 15) is 4.79 Å². The number of pyridine rings is 1. The molecule has 2 N–H and O–H groups in total. The first-order chi connectivity index (χ1) is 8.65. The number of carbonyl (C=O) groups excluding carboxylic acids is 1. The highest BCUT2D eigenvalue weighted by molar-refractivity contribution is 6.30. The Balaban J connectivity index is 0.00000133. The van der Waals surface area contributed by atoms with Gasteiger partial charge in [-0.3, -0.25) is 9.78 Å². The smallest absolute Gasteiger partial charge is 0.272 e. The summed E-state index contributed by atoms with van der Waals surface area (Å²) in [4.78, 5) is 18.3. The highest BCUT2D eigenvalue weighted by atomic mass is 35.5. The third-order valence-electron chi connectivity index (χ3n) is 4.14. The molecule has 2 heterocycles. The fourth-order valence-corrected chi connectivity index (χ4v) is 3.32. The Hall–Kier alpha value is -0.840. The van der Waals surface area contributed by atoms with Gasteiger partial charge < -0.3 is 10.6 Å². The first-order valence-corrected chi connectivity index (χ1v) is 6.69. The molecule has 0 bridgehead atoms. The van der Waals surface area contributed by atoms with E-state index in [4.69, 9.17) is 17.3 Å². The van der Waals surface area contributed by atoms with Gasteiger partial charge in [0.05, 0.1) is 0 Å². The van der Waals surface area contributed by atoms with Gasteiger partial charge in [0.2, 0.25) is 0 Å². The second-order valence-corrected chi connectivity index (χ2v) is 5.67. The molecule has 6 heteroatoms. The Morgan fingerprint density at radius 2 is 2.21 bits per heavy atom. The van der Waals surface area contributed by atoms with Gasteiger partial charge in [0, 0.05) is 30.4 Å². The summed E-state index contributed by atoms with van der Waals surface area (Å²) < 4.78 is 0. The molecule has 1 aromatic heterocycles. The lowest BCUT2D eigenvalue weighted by Crippen LogP contribution is -2.33. The molecule has 1 amide bonds. The minimum absolute atomic E-state index is 0. The normalized spacial score (nSPS) is 28.9. The van der Waals surface area contributed by atoms with Crippen molar-refractivity contribution in [1.82, 2.24) is 9.88 Å². The molecule has 0 aromatic carbocycles. The van der Waals surface area contributed by atoms with Gasteiger partial charge in [-0.1, -0.05) is 11.6 Å². The van der Waals surface area contributed by atoms with Gasteiger partial charge >= 0.3 is 0 Å². The maximum absolute atomic E-state index is 12.3. The summed E-state index contributed by atoms with van der Waals surface area (Å²) in [5.74, 6) is 1.01. The van der Waals surface area contributed by atoms with E-state index in [1.165, 1.54) is 0 Å². The van der Waals surface area contributed by atoms with E-state index >= 15 is 0 Å². The van der Waals surface area contributed by atoms with Crippen LogP contribution in [0.3, 0.4) is 0 Å². The van der Waals surface area contributed by atoms with E-state index in [-0.39, 0.29) is 24.4 Å². The first kappa shape index (κ1) is 14.6. The van der Waals surface area contributed by atoms with E-state index in [2.05, 4.69) is 4.98 Å². The largest absolute Gasteiger partial charge is 0.337 e. The molecule has 2 aliphatic rings. The van der Waals surface area contributed by atoms with Gasteiger partial charge in [-0.25, -0.2) is 0 Å². The average Bonchev–Trinajstić information content (AvgIpc) is 2.91. The molecule has 1 aliphatic heterocycles. The number of hydrogen-bond acceptors (Lipinski definition) is 3. The fraction of sp³-hybridized carbons (Fsp3) is 0.538. The Morgan fingerprint density at radius 1 is 1.42 bits per heavy atom. The van der Waals surface area contributed by atoms with Crippen LogP contribution in [-0.4, -0.2) is 34.9 Å². The first-order valence-electron chi connectivity index (χ1n) is 6.31. The highest BCUT2D eigenvalue weighted by Crippen LogP contribution is 2.37. The lowest BCUT2D eigenvalue weighted by Gasteiger charge is -2.18. The number of carbonyl (C=O) groups is 1. The van der Waals surface area contributed by atoms with Crippen LogP contribution in [0.2, 0.25) is 5.02 Å². The monoisotopic (exact) mass is 301 g/mol. The molecule has 0 radical (unpaired) electrons. The molecule has 1 saturated carbocycles. The van der Waals surface area contributed by atoms with Crippen LogP contribution in [-0.2, 0) is 0 Å². The zero-order valence-electron chi connectivity index (χ0n) is 10.5. The molecule has 0 spiro atoms. The zero-order chi connectivity index (χ0) is 12.7. The van der Waals surface area contributed by atoms with Gasteiger partial charge in [0.25, 0.3) is 5.91 Å². The highest BCUT2D eigenvalue weighted by Gasteiger charge is 2.42. The summed E-state index contributed by atoms with van der Waals surface area (Å²) in [5, 5.41) is 0.546. The molecule has 3 unspecified atom stereocenters. The molecular weight excluding hydrogens is 285 g/mol. The minimum atomic E-state index is -0.0286. The fourth-order valence-electron chi connectivity index (χ4n) is 3.16. The van der Waals surface area contributed by atoms with E-state index in [1.807, 2.05) is 4.90 Å². The van der Waals surface area contributed by atoms with Gasteiger partial charge in [-0.15, -0.1) is 12.4 Å². The van der Waals surface area contributed by atoms with Crippen molar-refractivity contribution < 1.29 is 4.79 Å². The number of nitrogens with zero attached hydrogens (tertiary/aromatic N) is 2. The van der Waals surface area contributed by atoms with Crippen molar-refractivity contribution in [3.63, 3.8) is 0 Å². The number of hydrogen-bond donors (Lipinski definition) is 1. The van der Waals surface area contributed by atoms with Crippen molar-refractivity contribution in [2.45, 2.75) is 18.9 Å². The lowest BCUT2D eigenvalue weighted by molar-refractivity contribution is 0.0774. The van der Waals surface area contributed by atoms with Crippen LogP contribution in [0.15, 0.2) is 18.3 Å². The summed E-state index contributed by atoms with van der Waals surface area (Å²) in [6.45, 7) is 1.57. The molecule has 1 aliphatic carbocycles.